The number of amides is 1. The molecular formula is C16H17ClN2OS. The third-order valence-corrected chi connectivity index (χ3v) is 4.86. The molecule has 0 atom stereocenters. The lowest BCUT2D eigenvalue weighted by atomic mass is 9.89. The summed E-state index contributed by atoms with van der Waals surface area (Å²) in [5, 5.41) is 6.30. The highest BCUT2D eigenvalue weighted by atomic mass is 35.5. The molecule has 0 spiro atoms. The third kappa shape index (κ3) is 3.63. The molecule has 1 N–H and O–H groups in total. The zero-order valence-corrected chi connectivity index (χ0v) is 13.2. The Labute approximate surface area is 133 Å². The highest BCUT2D eigenvalue weighted by molar-refractivity contribution is 7.14. The van der Waals surface area contributed by atoms with Crippen LogP contribution in [0.1, 0.15) is 32.1 Å². The summed E-state index contributed by atoms with van der Waals surface area (Å²) in [5.41, 5.74) is 1.88. The van der Waals surface area contributed by atoms with Crippen LogP contribution in [0.4, 0.5) is 5.13 Å². The second-order valence-corrected chi connectivity index (χ2v) is 6.66. The molecule has 1 aliphatic rings. The normalized spacial score (nSPS) is 15.9. The largest absolute Gasteiger partial charge is 0.302 e. The molecule has 1 aliphatic carbocycles. The smallest absolute Gasteiger partial charge is 0.229 e. The fourth-order valence-corrected chi connectivity index (χ4v) is 3.51. The van der Waals surface area contributed by atoms with E-state index < -0.39 is 0 Å². The van der Waals surface area contributed by atoms with E-state index in [0.29, 0.717) is 10.2 Å². The number of rotatable bonds is 3. The van der Waals surface area contributed by atoms with E-state index in [4.69, 9.17) is 11.6 Å². The Hall–Kier alpha value is -1.39. The molecular weight excluding hydrogens is 304 g/mol. The van der Waals surface area contributed by atoms with Crippen molar-refractivity contribution in [1.29, 1.82) is 0 Å². The maximum absolute atomic E-state index is 12.2. The summed E-state index contributed by atoms with van der Waals surface area (Å²) in [4.78, 5) is 16.7. The van der Waals surface area contributed by atoms with E-state index in [1.54, 1.807) is 0 Å². The minimum Gasteiger partial charge on any atom is -0.302 e. The van der Waals surface area contributed by atoms with Crippen LogP contribution in [0.25, 0.3) is 11.3 Å². The van der Waals surface area contributed by atoms with Gasteiger partial charge in [0.05, 0.1) is 5.69 Å². The predicted molar refractivity (Wildman–Crippen MR) is 87.8 cm³/mol. The molecule has 2 aromatic rings. The Balaban J connectivity index is 1.67. The summed E-state index contributed by atoms with van der Waals surface area (Å²) in [5.74, 6) is 0.272. The van der Waals surface area contributed by atoms with Gasteiger partial charge in [-0.05, 0) is 25.0 Å². The molecule has 0 aliphatic heterocycles. The van der Waals surface area contributed by atoms with Crippen LogP contribution in [0.2, 0.25) is 5.02 Å². The molecule has 3 nitrogen and oxygen atoms in total. The van der Waals surface area contributed by atoms with Gasteiger partial charge in [-0.3, -0.25) is 4.79 Å². The van der Waals surface area contributed by atoms with Gasteiger partial charge < -0.3 is 5.32 Å². The molecule has 1 aromatic heterocycles. The average Bonchev–Trinajstić information content (AvgIpc) is 2.97. The van der Waals surface area contributed by atoms with Gasteiger partial charge in [0.2, 0.25) is 5.91 Å². The van der Waals surface area contributed by atoms with Crippen molar-refractivity contribution in [2.45, 2.75) is 32.1 Å². The standard InChI is InChI=1S/C16H17ClN2OS/c17-13-8-6-11(7-9-13)14-10-21-16(18-14)19-15(20)12-4-2-1-3-5-12/h6-10,12H,1-5H2,(H,18,19,20). The zero-order valence-electron chi connectivity index (χ0n) is 11.6. The number of hydrogen-bond acceptors (Lipinski definition) is 3. The van der Waals surface area contributed by atoms with Crippen molar-refractivity contribution in [3.63, 3.8) is 0 Å². The third-order valence-electron chi connectivity index (χ3n) is 3.85. The number of carbonyl (C=O) groups excluding carboxylic acids is 1. The van der Waals surface area contributed by atoms with E-state index in [1.807, 2.05) is 29.6 Å². The number of anilines is 1. The van der Waals surface area contributed by atoms with Crippen LogP contribution in [0.15, 0.2) is 29.6 Å². The summed E-state index contributed by atoms with van der Waals surface area (Å²) in [7, 11) is 0. The van der Waals surface area contributed by atoms with Crippen LogP contribution in [-0.2, 0) is 4.79 Å². The molecule has 5 heteroatoms. The summed E-state index contributed by atoms with van der Waals surface area (Å²) in [6.45, 7) is 0. The van der Waals surface area contributed by atoms with Crippen LogP contribution in [-0.4, -0.2) is 10.9 Å². The Morgan fingerprint density at radius 3 is 2.62 bits per heavy atom. The zero-order chi connectivity index (χ0) is 14.7. The molecule has 110 valence electrons. The van der Waals surface area contributed by atoms with E-state index in [9.17, 15) is 4.79 Å². The molecule has 1 amide bonds. The van der Waals surface area contributed by atoms with E-state index in [2.05, 4.69) is 10.3 Å². The number of carbonyl (C=O) groups is 1. The molecule has 0 saturated heterocycles. The van der Waals surface area contributed by atoms with Gasteiger partial charge >= 0.3 is 0 Å². The first kappa shape index (κ1) is 14.5. The number of hydrogen-bond donors (Lipinski definition) is 1. The number of benzene rings is 1. The lowest BCUT2D eigenvalue weighted by molar-refractivity contribution is -0.120. The molecule has 1 fully saturated rings. The molecule has 1 heterocycles. The molecule has 0 radical (unpaired) electrons. The van der Waals surface area contributed by atoms with Gasteiger partial charge in [-0.1, -0.05) is 43.0 Å². The number of thiazole rings is 1. The van der Waals surface area contributed by atoms with Gasteiger partial charge in [0.1, 0.15) is 0 Å². The van der Waals surface area contributed by atoms with Crippen LogP contribution >= 0.6 is 22.9 Å². The first-order chi connectivity index (χ1) is 10.2. The lowest BCUT2D eigenvalue weighted by Gasteiger charge is -2.19. The van der Waals surface area contributed by atoms with Gasteiger partial charge in [-0.2, -0.15) is 0 Å². The minimum atomic E-state index is 0.117. The van der Waals surface area contributed by atoms with Crippen LogP contribution in [0.3, 0.4) is 0 Å². The number of nitrogens with one attached hydrogen (secondary N) is 1. The number of nitrogens with zero attached hydrogens (tertiary/aromatic N) is 1. The van der Waals surface area contributed by atoms with E-state index in [1.165, 1.54) is 17.8 Å². The van der Waals surface area contributed by atoms with Crippen LogP contribution < -0.4 is 5.32 Å². The summed E-state index contributed by atoms with van der Waals surface area (Å²) in [6.07, 6.45) is 5.57. The second-order valence-electron chi connectivity index (χ2n) is 5.37. The topological polar surface area (TPSA) is 42.0 Å². The first-order valence-electron chi connectivity index (χ1n) is 7.25. The number of aromatic nitrogens is 1. The first-order valence-corrected chi connectivity index (χ1v) is 8.50. The van der Waals surface area contributed by atoms with Gasteiger partial charge in [0, 0.05) is 21.9 Å². The Kier molecular flexibility index (Phi) is 4.56. The fourth-order valence-electron chi connectivity index (χ4n) is 2.66. The monoisotopic (exact) mass is 320 g/mol. The van der Waals surface area contributed by atoms with Gasteiger partial charge in [0.15, 0.2) is 5.13 Å². The maximum atomic E-state index is 12.2. The Bertz CT molecular complexity index is 617. The van der Waals surface area contributed by atoms with Crippen molar-refractivity contribution < 1.29 is 4.79 Å². The average molecular weight is 321 g/mol. The van der Waals surface area contributed by atoms with Crippen molar-refractivity contribution in [2.75, 3.05) is 5.32 Å². The second kappa shape index (κ2) is 6.58. The Morgan fingerprint density at radius 2 is 1.90 bits per heavy atom. The molecule has 21 heavy (non-hydrogen) atoms. The summed E-state index contributed by atoms with van der Waals surface area (Å²) in [6, 6.07) is 7.56. The van der Waals surface area contributed by atoms with Gasteiger partial charge in [-0.25, -0.2) is 4.98 Å². The molecule has 1 saturated carbocycles. The Morgan fingerprint density at radius 1 is 1.19 bits per heavy atom. The van der Waals surface area contributed by atoms with Crippen molar-refractivity contribution in [1.82, 2.24) is 4.98 Å². The van der Waals surface area contributed by atoms with E-state index in [-0.39, 0.29) is 11.8 Å². The SMILES string of the molecule is O=C(Nc1nc(-c2ccc(Cl)cc2)cs1)C1CCCCC1. The van der Waals surface area contributed by atoms with Crippen LogP contribution in [0, 0.1) is 5.92 Å². The van der Waals surface area contributed by atoms with Crippen molar-refractivity contribution in [3.05, 3.63) is 34.7 Å². The number of halogens is 1. The van der Waals surface area contributed by atoms with Gasteiger partial charge in [-0.15, -0.1) is 11.3 Å². The quantitative estimate of drug-likeness (QED) is 0.866. The highest BCUT2D eigenvalue weighted by Crippen LogP contribution is 2.28. The maximum Gasteiger partial charge on any atom is 0.229 e. The fraction of sp³-hybridized carbons (Fsp3) is 0.375. The minimum absolute atomic E-state index is 0.117. The molecule has 0 unspecified atom stereocenters. The van der Waals surface area contributed by atoms with E-state index in [0.717, 1.165) is 36.9 Å². The van der Waals surface area contributed by atoms with Gasteiger partial charge in [0.25, 0.3) is 0 Å². The predicted octanol–water partition coefficient (Wildman–Crippen LogP) is 4.98. The van der Waals surface area contributed by atoms with Crippen molar-refractivity contribution in [3.8, 4) is 11.3 Å². The van der Waals surface area contributed by atoms with Crippen molar-refractivity contribution in [2.24, 2.45) is 5.92 Å². The summed E-state index contributed by atoms with van der Waals surface area (Å²) < 4.78 is 0. The van der Waals surface area contributed by atoms with Crippen LogP contribution in [0.5, 0.6) is 0 Å². The summed E-state index contributed by atoms with van der Waals surface area (Å²) >= 11 is 7.35. The van der Waals surface area contributed by atoms with E-state index >= 15 is 0 Å². The highest BCUT2D eigenvalue weighted by Gasteiger charge is 2.21. The lowest BCUT2D eigenvalue weighted by Crippen LogP contribution is -2.24. The molecule has 0 bridgehead atoms. The van der Waals surface area contributed by atoms with Crippen molar-refractivity contribution >= 4 is 34.0 Å². The molecule has 3 rings (SSSR count). The molecule has 1 aromatic carbocycles.